The maximum absolute atomic E-state index is 2.22. The van der Waals surface area contributed by atoms with Crippen LogP contribution in [0.5, 0.6) is 0 Å². The zero-order valence-corrected chi connectivity index (χ0v) is 7.44. The quantitative estimate of drug-likeness (QED) is 0.498. The first kappa shape index (κ1) is 11.5. The molecular formula is C9H20. The molecule has 0 amide bonds. The van der Waals surface area contributed by atoms with Gasteiger partial charge < -0.3 is 0 Å². The van der Waals surface area contributed by atoms with Gasteiger partial charge in [-0.25, -0.2) is 0 Å². The van der Waals surface area contributed by atoms with Gasteiger partial charge in [0.1, 0.15) is 0 Å². The minimum Gasteiger partial charge on any atom is -0.0886 e. The molecule has 0 atom stereocenters. The van der Waals surface area contributed by atoms with Crippen LogP contribution in [0.3, 0.4) is 0 Å². The summed E-state index contributed by atoms with van der Waals surface area (Å²) in [7, 11) is 0. The number of allylic oxidation sites excluding steroid dienone is 2. The van der Waals surface area contributed by atoms with Gasteiger partial charge in [0.2, 0.25) is 0 Å². The van der Waals surface area contributed by atoms with E-state index in [9.17, 15) is 0 Å². The number of hydrogen-bond donors (Lipinski definition) is 0. The molecule has 0 bridgehead atoms. The van der Waals surface area contributed by atoms with Crippen LogP contribution < -0.4 is 0 Å². The van der Waals surface area contributed by atoms with E-state index in [1.807, 2.05) is 13.8 Å². The van der Waals surface area contributed by atoms with Gasteiger partial charge in [-0.15, -0.1) is 0 Å². The SMILES string of the molecule is CC.CC/C=C\C(C)C. The van der Waals surface area contributed by atoms with Crippen LogP contribution in [-0.4, -0.2) is 0 Å². The maximum Gasteiger partial charge on any atom is -0.0290 e. The van der Waals surface area contributed by atoms with Crippen LogP contribution in [0.25, 0.3) is 0 Å². The molecular weight excluding hydrogens is 108 g/mol. The van der Waals surface area contributed by atoms with E-state index in [1.54, 1.807) is 0 Å². The van der Waals surface area contributed by atoms with Gasteiger partial charge in [-0.1, -0.05) is 46.8 Å². The molecule has 0 aliphatic carbocycles. The molecule has 0 aliphatic heterocycles. The minimum absolute atomic E-state index is 0.722. The lowest BCUT2D eigenvalue weighted by atomic mass is 10.2. The van der Waals surface area contributed by atoms with E-state index in [2.05, 4.69) is 32.9 Å². The van der Waals surface area contributed by atoms with Gasteiger partial charge in [0.05, 0.1) is 0 Å². The molecule has 0 nitrogen and oxygen atoms in total. The van der Waals surface area contributed by atoms with Crippen molar-refractivity contribution in [3.8, 4) is 0 Å². The first-order chi connectivity index (χ1) is 4.27. The lowest BCUT2D eigenvalue weighted by molar-refractivity contribution is 0.826. The highest BCUT2D eigenvalue weighted by atomic mass is 13.8. The van der Waals surface area contributed by atoms with Gasteiger partial charge in [-0.05, 0) is 12.3 Å². The van der Waals surface area contributed by atoms with Crippen molar-refractivity contribution in [2.75, 3.05) is 0 Å². The van der Waals surface area contributed by atoms with Crippen LogP contribution in [0.15, 0.2) is 12.2 Å². The summed E-state index contributed by atoms with van der Waals surface area (Å²) in [5.74, 6) is 0.722. The third-order valence-corrected chi connectivity index (χ3v) is 0.757. The molecule has 0 rings (SSSR count). The van der Waals surface area contributed by atoms with Crippen LogP contribution in [0.2, 0.25) is 0 Å². The first-order valence-corrected chi connectivity index (χ1v) is 3.94. The summed E-state index contributed by atoms with van der Waals surface area (Å²) in [5, 5.41) is 0. The Balaban J connectivity index is 0. The smallest absolute Gasteiger partial charge is 0.0290 e. The Morgan fingerprint density at radius 3 is 1.78 bits per heavy atom. The molecule has 0 unspecified atom stereocenters. The molecule has 0 heteroatoms. The van der Waals surface area contributed by atoms with E-state index in [0.717, 1.165) is 12.3 Å². The average Bonchev–Trinajstić information content (AvgIpc) is 1.88. The van der Waals surface area contributed by atoms with Crippen LogP contribution >= 0.6 is 0 Å². The Morgan fingerprint density at radius 2 is 1.67 bits per heavy atom. The van der Waals surface area contributed by atoms with Gasteiger partial charge in [0, 0.05) is 0 Å². The van der Waals surface area contributed by atoms with Crippen LogP contribution in [0, 0.1) is 5.92 Å². The van der Waals surface area contributed by atoms with Crippen molar-refractivity contribution >= 4 is 0 Å². The van der Waals surface area contributed by atoms with Gasteiger partial charge in [-0.2, -0.15) is 0 Å². The number of rotatable bonds is 2. The summed E-state index contributed by atoms with van der Waals surface area (Å²) in [5.41, 5.74) is 0. The van der Waals surface area contributed by atoms with E-state index >= 15 is 0 Å². The summed E-state index contributed by atoms with van der Waals surface area (Å²) < 4.78 is 0. The summed E-state index contributed by atoms with van der Waals surface area (Å²) in [6.45, 7) is 10.5. The first-order valence-electron chi connectivity index (χ1n) is 3.94. The van der Waals surface area contributed by atoms with E-state index in [1.165, 1.54) is 0 Å². The molecule has 0 saturated carbocycles. The summed E-state index contributed by atoms with van der Waals surface area (Å²) >= 11 is 0. The van der Waals surface area contributed by atoms with Crippen LogP contribution in [-0.2, 0) is 0 Å². The zero-order valence-electron chi connectivity index (χ0n) is 7.44. The van der Waals surface area contributed by atoms with E-state index in [-0.39, 0.29) is 0 Å². The van der Waals surface area contributed by atoms with Crippen molar-refractivity contribution in [3.63, 3.8) is 0 Å². The molecule has 0 aromatic rings. The molecule has 56 valence electrons. The van der Waals surface area contributed by atoms with Crippen molar-refractivity contribution in [3.05, 3.63) is 12.2 Å². The fourth-order valence-corrected chi connectivity index (χ4v) is 0.408. The van der Waals surface area contributed by atoms with E-state index < -0.39 is 0 Å². The molecule has 0 aromatic heterocycles. The third-order valence-electron chi connectivity index (χ3n) is 0.757. The second-order valence-corrected chi connectivity index (χ2v) is 2.08. The second-order valence-electron chi connectivity index (χ2n) is 2.08. The Hall–Kier alpha value is -0.260. The lowest BCUT2D eigenvalue weighted by Gasteiger charge is -1.88. The third kappa shape index (κ3) is 18.2. The fraction of sp³-hybridized carbons (Fsp3) is 0.778. The Labute approximate surface area is 60.0 Å². The van der Waals surface area contributed by atoms with Crippen molar-refractivity contribution in [2.24, 2.45) is 5.92 Å². The highest BCUT2D eigenvalue weighted by molar-refractivity contribution is 4.82. The largest absolute Gasteiger partial charge is 0.0886 e. The molecule has 0 radical (unpaired) electrons. The molecule has 9 heavy (non-hydrogen) atoms. The van der Waals surface area contributed by atoms with E-state index in [0.29, 0.717) is 0 Å². The predicted molar refractivity (Wildman–Crippen MR) is 45.6 cm³/mol. The average molecular weight is 128 g/mol. The lowest BCUT2D eigenvalue weighted by Crippen LogP contribution is -1.74. The maximum atomic E-state index is 2.22. The monoisotopic (exact) mass is 128 g/mol. The Bertz CT molecular complexity index is 51.1. The molecule has 0 saturated heterocycles. The topological polar surface area (TPSA) is 0 Å². The molecule has 0 N–H and O–H groups in total. The van der Waals surface area contributed by atoms with Gasteiger partial charge in [0.15, 0.2) is 0 Å². The summed E-state index contributed by atoms with van der Waals surface area (Å²) in [4.78, 5) is 0. The summed E-state index contributed by atoms with van der Waals surface area (Å²) in [6, 6.07) is 0. The zero-order chi connectivity index (χ0) is 7.70. The van der Waals surface area contributed by atoms with Gasteiger partial charge in [-0.3, -0.25) is 0 Å². The molecule has 0 spiro atoms. The van der Waals surface area contributed by atoms with Crippen LogP contribution in [0.1, 0.15) is 41.0 Å². The van der Waals surface area contributed by atoms with Crippen molar-refractivity contribution in [1.82, 2.24) is 0 Å². The molecule has 0 aromatic carbocycles. The van der Waals surface area contributed by atoms with Crippen molar-refractivity contribution in [1.29, 1.82) is 0 Å². The summed E-state index contributed by atoms with van der Waals surface area (Å²) in [6.07, 6.45) is 5.59. The minimum atomic E-state index is 0.722. The van der Waals surface area contributed by atoms with Gasteiger partial charge in [0.25, 0.3) is 0 Å². The second kappa shape index (κ2) is 10.7. The molecule has 0 aliphatic rings. The van der Waals surface area contributed by atoms with Crippen LogP contribution in [0.4, 0.5) is 0 Å². The fourth-order valence-electron chi connectivity index (χ4n) is 0.408. The molecule has 0 heterocycles. The van der Waals surface area contributed by atoms with Crippen molar-refractivity contribution in [2.45, 2.75) is 41.0 Å². The Kier molecular flexibility index (Phi) is 13.7. The van der Waals surface area contributed by atoms with Gasteiger partial charge >= 0.3 is 0 Å². The number of hydrogen-bond acceptors (Lipinski definition) is 0. The molecule has 0 fully saturated rings. The highest BCUT2D eigenvalue weighted by Gasteiger charge is 1.78. The highest BCUT2D eigenvalue weighted by Crippen LogP contribution is 1.93. The standard InChI is InChI=1S/C7H14.C2H6/c1-4-5-6-7(2)3;1-2/h5-7H,4H2,1-3H3;1-2H3/b6-5-;. The van der Waals surface area contributed by atoms with Crippen molar-refractivity contribution < 1.29 is 0 Å². The Morgan fingerprint density at radius 1 is 1.22 bits per heavy atom. The normalized spacial score (nSPS) is 9.56. The predicted octanol–water partition coefficient (Wildman–Crippen LogP) is 3.63. The van der Waals surface area contributed by atoms with E-state index in [4.69, 9.17) is 0 Å².